The van der Waals surface area contributed by atoms with Crippen molar-refractivity contribution >= 4 is 0 Å². The van der Waals surface area contributed by atoms with E-state index in [1.807, 2.05) is 0 Å². The molecule has 0 aliphatic heterocycles. The van der Waals surface area contributed by atoms with E-state index in [1.54, 1.807) is 0 Å². The van der Waals surface area contributed by atoms with Crippen molar-refractivity contribution in [3.63, 3.8) is 0 Å². The van der Waals surface area contributed by atoms with E-state index in [4.69, 9.17) is 5.11 Å². The zero-order valence-electron chi connectivity index (χ0n) is 12.0. The van der Waals surface area contributed by atoms with Crippen LogP contribution in [0.25, 0.3) is 0 Å². The third-order valence-corrected chi connectivity index (χ3v) is 3.30. The highest BCUT2D eigenvalue weighted by atomic mass is 16.3. The Hall–Kier alpha value is -0.120. The molecule has 0 rings (SSSR count). The maximum absolute atomic E-state index is 9.92. The summed E-state index contributed by atoms with van der Waals surface area (Å²) >= 11 is 0. The summed E-state index contributed by atoms with van der Waals surface area (Å²) in [6.07, 6.45) is 8.31. The first-order chi connectivity index (χ1) is 8.02. The Bertz CT molecular complexity index is 172. The zero-order valence-corrected chi connectivity index (χ0v) is 12.0. The molecule has 1 unspecified atom stereocenters. The van der Waals surface area contributed by atoms with E-state index in [2.05, 4.69) is 21.0 Å². The number of hydrogen-bond donors (Lipinski definition) is 2. The zero-order chi connectivity index (χ0) is 13.1. The van der Waals surface area contributed by atoms with Gasteiger partial charge in [-0.05, 0) is 6.42 Å². The molecule has 2 N–H and O–H groups in total. The van der Waals surface area contributed by atoms with E-state index in [0.717, 1.165) is 19.4 Å². The monoisotopic (exact) mass is 246 g/mol. The molecule has 1 atom stereocenters. The number of aliphatic hydroxyl groups is 2. The predicted octanol–water partition coefficient (Wildman–Crippen LogP) is 2.17. The van der Waals surface area contributed by atoms with Crippen molar-refractivity contribution in [2.24, 2.45) is 0 Å². The van der Waals surface area contributed by atoms with E-state index < -0.39 is 0 Å². The first-order valence-corrected chi connectivity index (χ1v) is 7.12. The van der Waals surface area contributed by atoms with E-state index >= 15 is 0 Å². The Balaban J connectivity index is 3.48. The summed E-state index contributed by atoms with van der Waals surface area (Å²) in [4.78, 5) is 0. The molecule has 0 aliphatic rings. The van der Waals surface area contributed by atoms with Crippen molar-refractivity contribution in [2.75, 3.05) is 33.8 Å². The van der Waals surface area contributed by atoms with Gasteiger partial charge in [0.1, 0.15) is 19.2 Å². The van der Waals surface area contributed by atoms with Gasteiger partial charge in [-0.25, -0.2) is 0 Å². The molecule has 104 valence electrons. The molecular weight excluding hydrogens is 214 g/mol. The summed E-state index contributed by atoms with van der Waals surface area (Å²) in [7, 11) is 4.11. The number of nitrogens with zero attached hydrogens (tertiary/aromatic N) is 1. The van der Waals surface area contributed by atoms with Crippen LogP contribution < -0.4 is 0 Å². The SMILES string of the molecule is CCCCCCCCC(O)C[N+](C)(C)CCO. The Labute approximate surface area is 107 Å². The van der Waals surface area contributed by atoms with Crippen LogP contribution in [0.2, 0.25) is 0 Å². The molecule has 0 aromatic rings. The third-order valence-electron chi connectivity index (χ3n) is 3.30. The second-order valence-corrected chi connectivity index (χ2v) is 5.78. The van der Waals surface area contributed by atoms with Crippen molar-refractivity contribution in [3.8, 4) is 0 Å². The second kappa shape index (κ2) is 9.86. The van der Waals surface area contributed by atoms with Crippen LogP contribution in [0.5, 0.6) is 0 Å². The van der Waals surface area contributed by atoms with Crippen LogP contribution in [-0.4, -0.2) is 54.6 Å². The normalized spacial score (nSPS) is 13.9. The van der Waals surface area contributed by atoms with Crippen LogP contribution in [0.4, 0.5) is 0 Å². The van der Waals surface area contributed by atoms with Gasteiger partial charge >= 0.3 is 0 Å². The second-order valence-electron chi connectivity index (χ2n) is 5.78. The summed E-state index contributed by atoms with van der Waals surface area (Å²) < 4.78 is 0.702. The lowest BCUT2D eigenvalue weighted by molar-refractivity contribution is -0.893. The average Bonchev–Trinajstić information content (AvgIpc) is 2.22. The van der Waals surface area contributed by atoms with Crippen LogP contribution in [0.15, 0.2) is 0 Å². The smallest absolute Gasteiger partial charge is 0.105 e. The summed E-state index contributed by atoms with van der Waals surface area (Å²) in [6, 6.07) is 0. The Morgan fingerprint density at radius 2 is 1.59 bits per heavy atom. The minimum Gasteiger partial charge on any atom is -0.391 e. The van der Waals surface area contributed by atoms with E-state index in [9.17, 15) is 5.11 Å². The van der Waals surface area contributed by atoms with Gasteiger partial charge in [-0.2, -0.15) is 0 Å². The molecule has 0 aromatic carbocycles. The van der Waals surface area contributed by atoms with Gasteiger partial charge in [-0.1, -0.05) is 45.4 Å². The first kappa shape index (κ1) is 16.9. The predicted molar refractivity (Wildman–Crippen MR) is 72.9 cm³/mol. The topological polar surface area (TPSA) is 40.5 Å². The van der Waals surface area contributed by atoms with E-state index in [1.165, 1.54) is 32.1 Å². The largest absolute Gasteiger partial charge is 0.391 e. The maximum Gasteiger partial charge on any atom is 0.105 e. The lowest BCUT2D eigenvalue weighted by Gasteiger charge is -2.31. The number of aliphatic hydroxyl groups excluding tert-OH is 2. The van der Waals surface area contributed by atoms with Crippen molar-refractivity contribution in [2.45, 2.75) is 58.0 Å². The molecule has 0 aliphatic carbocycles. The fraction of sp³-hybridized carbons (Fsp3) is 1.00. The highest BCUT2D eigenvalue weighted by molar-refractivity contribution is 4.55. The quantitative estimate of drug-likeness (QED) is 0.433. The molecule has 0 aromatic heterocycles. The molecule has 0 fully saturated rings. The first-order valence-electron chi connectivity index (χ1n) is 7.12. The Morgan fingerprint density at radius 3 is 2.18 bits per heavy atom. The van der Waals surface area contributed by atoms with Gasteiger partial charge in [0, 0.05) is 0 Å². The number of unbranched alkanes of at least 4 members (excludes halogenated alkanes) is 5. The van der Waals surface area contributed by atoms with Gasteiger partial charge in [0.05, 0.1) is 20.7 Å². The van der Waals surface area contributed by atoms with Crippen molar-refractivity contribution in [3.05, 3.63) is 0 Å². The molecular formula is C14H32NO2+. The third kappa shape index (κ3) is 10.7. The van der Waals surface area contributed by atoms with Crippen LogP contribution in [0.1, 0.15) is 51.9 Å². The van der Waals surface area contributed by atoms with Crippen molar-refractivity contribution in [1.29, 1.82) is 0 Å². The molecule has 0 heterocycles. The maximum atomic E-state index is 9.92. The fourth-order valence-corrected chi connectivity index (χ4v) is 2.18. The van der Waals surface area contributed by atoms with Gasteiger partial charge in [-0.15, -0.1) is 0 Å². The molecule has 3 nitrogen and oxygen atoms in total. The van der Waals surface area contributed by atoms with Crippen LogP contribution in [-0.2, 0) is 0 Å². The lowest BCUT2D eigenvalue weighted by atomic mass is 10.1. The number of hydrogen-bond acceptors (Lipinski definition) is 2. The van der Waals surface area contributed by atoms with Crippen molar-refractivity contribution in [1.82, 2.24) is 0 Å². The van der Waals surface area contributed by atoms with Crippen molar-refractivity contribution < 1.29 is 14.7 Å². The number of likely N-dealkylation sites (N-methyl/N-ethyl adjacent to an activating group) is 1. The summed E-state index contributed by atoms with van der Waals surface area (Å²) in [5, 5.41) is 18.8. The molecule has 17 heavy (non-hydrogen) atoms. The highest BCUT2D eigenvalue weighted by Gasteiger charge is 2.19. The summed E-state index contributed by atoms with van der Waals surface area (Å²) in [5.74, 6) is 0. The Kier molecular flexibility index (Phi) is 9.79. The minimum atomic E-state index is -0.220. The van der Waals surface area contributed by atoms with Crippen LogP contribution in [0, 0.1) is 0 Å². The summed E-state index contributed by atoms with van der Waals surface area (Å²) in [6.45, 7) is 3.88. The van der Waals surface area contributed by atoms with Gasteiger partial charge < -0.3 is 14.7 Å². The lowest BCUT2D eigenvalue weighted by Crippen LogP contribution is -2.47. The molecule has 0 saturated heterocycles. The van der Waals surface area contributed by atoms with Crippen LogP contribution >= 0.6 is 0 Å². The molecule has 0 bridgehead atoms. The molecule has 0 amide bonds. The molecule has 0 saturated carbocycles. The fourth-order valence-electron chi connectivity index (χ4n) is 2.18. The number of quaternary nitrogens is 1. The van der Waals surface area contributed by atoms with Gasteiger partial charge in [0.15, 0.2) is 0 Å². The molecule has 0 spiro atoms. The standard InChI is InChI=1S/C14H32NO2/c1-4-5-6-7-8-9-10-14(17)13-15(2,3)11-12-16/h14,16-17H,4-13H2,1-3H3/q+1. The van der Waals surface area contributed by atoms with Gasteiger partial charge in [0.25, 0.3) is 0 Å². The summed E-state index contributed by atoms with van der Waals surface area (Å²) in [5.41, 5.74) is 0. The Morgan fingerprint density at radius 1 is 1.00 bits per heavy atom. The van der Waals surface area contributed by atoms with Crippen LogP contribution in [0.3, 0.4) is 0 Å². The van der Waals surface area contributed by atoms with Gasteiger partial charge in [0.2, 0.25) is 0 Å². The van der Waals surface area contributed by atoms with E-state index in [0.29, 0.717) is 11.0 Å². The number of rotatable bonds is 11. The van der Waals surface area contributed by atoms with E-state index in [-0.39, 0.29) is 12.7 Å². The minimum absolute atomic E-state index is 0.191. The molecule has 0 radical (unpaired) electrons. The van der Waals surface area contributed by atoms with Gasteiger partial charge in [-0.3, -0.25) is 0 Å². The highest BCUT2D eigenvalue weighted by Crippen LogP contribution is 2.10. The average molecular weight is 246 g/mol. The molecule has 3 heteroatoms.